The maximum atomic E-state index is 10.5. The maximum Gasteiger partial charge on any atom is 0.329 e. The van der Waals surface area contributed by atoms with Gasteiger partial charge in [0.25, 0.3) is 0 Å². The number of carboxylic acids is 1. The number of hydrogen-bond acceptors (Lipinski definition) is 4. The molecule has 5 nitrogen and oxygen atoms in total. The van der Waals surface area contributed by atoms with E-state index in [1.165, 1.54) is 5.56 Å². The number of rotatable bonds is 7. The van der Waals surface area contributed by atoms with Crippen molar-refractivity contribution in [1.29, 1.82) is 0 Å². The Bertz CT molecular complexity index is 438. The summed E-state index contributed by atoms with van der Waals surface area (Å²) < 4.78 is 10.5. The SMILES string of the molecule is COc1ccc(CCN2CCC(OCC(=O)O)CC2)cc1. The molecule has 2 rings (SSSR count). The molecule has 1 aliphatic heterocycles. The molecule has 21 heavy (non-hydrogen) atoms. The van der Waals surface area contributed by atoms with Crippen molar-refractivity contribution in [1.82, 2.24) is 4.90 Å². The molecule has 1 saturated heterocycles. The zero-order valence-electron chi connectivity index (χ0n) is 12.5. The number of carboxylic acid groups (broad SMARTS) is 1. The number of benzene rings is 1. The molecule has 0 atom stereocenters. The van der Waals surface area contributed by atoms with Gasteiger partial charge in [-0.05, 0) is 37.0 Å². The van der Waals surface area contributed by atoms with Crippen LogP contribution in [0.4, 0.5) is 0 Å². The number of piperidine rings is 1. The lowest BCUT2D eigenvalue weighted by Gasteiger charge is -2.31. The van der Waals surface area contributed by atoms with Crippen molar-refractivity contribution in [2.45, 2.75) is 25.4 Å². The predicted molar refractivity (Wildman–Crippen MR) is 79.7 cm³/mol. The highest BCUT2D eigenvalue weighted by Gasteiger charge is 2.20. The molecule has 0 radical (unpaired) electrons. The minimum Gasteiger partial charge on any atom is -0.497 e. The van der Waals surface area contributed by atoms with Crippen molar-refractivity contribution in [2.24, 2.45) is 0 Å². The van der Waals surface area contributed by atoms with Crippen LogP contribution in [0.15, 0.2) is 24.3 Å². The Kier molecular flexibility index (Phi) is 6.02. The third kappa shape index (κ3) is 5.36. The Morgan fingerprint density at radius 3 is 2.52 bits per heavy atom. The highest BCUT2D eigenvalue weighted by atomic mass is 16.5. The summed E-state index contributed by atoms with van der Waals surface area (Å²) in [5.74, 6) is -0.00733. The number of likely N-dealkylation sites (tertiary alicyclic amines) is 1. The Hall–Kier alpha value is -1.59. The lowest BCUT2D eigenvalue weighted by Crippen LogP contribution is -2.38. The second kappa shape index (κ2) is 8.00. The third-order valence-corrected chi connectivity index (χ3v) is 3.85. The first-order valence-electron chi connectivity index (χ1n) is 7.36. The molecule has 0 aromatic heterocycles. The van der Waals surface area contributed by atoms with E-state index in [-0.39, 0.29) is 12.7 Å². The normalized spacial score (nSPS) is 16.8. The number of aliphatic carboxylic acids is 1. The summed E-state index contributed by atoms with van der Waals surface area (Å²) in [5.41, 5.74) is 1.31. The molecule has 1 aliphatic rings. The lowest BCUT2D eigenvalue weighted by atomic mass is 10.1. The van der Waals surface area contributed by atoms with Crippen LogP contribution in [0.1, 0.15) is 18.4 Å². The van der Waals surface area contributed by atoms with Crippen LogP contribution in [0, 0.1) is 0 Å². The van der Waals surface area contributed by atoms with Crippen LogP contribution in [-0.2, 0) is 16.0 Å². The molecule has 0 aliphatic carbocycles. The summed E-state index contributed by atoms with van der Waals surface area (Å²) in [4.78, 5) is 12.9. The summed E-state index contributed by atoms with van der Waals surface area (Å²) in [6.07, 6.45) is 2.94. The largest absolute Gasteiger partial charge is 0.497 e. The second-order valence-corrected chi connectivity index (χ2v) is 5.34. The van der Waals surface area contributed by atoms with E-state index in [2.05, 4.69) is 17.0 Å². The molecule has 1 heterocycles. The van der Waals surface area contributed by atoms with Crippen molar-refractivity contribution in [3.63, 3.8) is 0 Å². The third-order valence-electron chi connectivity index (χ3n) is 3.85. The number of carbonyl (C=O) groups is 1. The van der Waals surface area contributed by atoms with Gasteiger partial charge in [-0.3, -0.25) is 0 Å². The molecule has 1 N–H and O–H groups in total. The molecule has 0 spiro atoms. The standard InChI is InChI=1S/C16H23NO4/c1-20-14-4-2-13(3-5-14)6-9-17-10-7-15(8-11-17)21-12-16(18)19/h2-5,15H,6-12H2,1H3,(H,18,19). The molecule has 0 amide bonds. The first-order valence-corrected chi connectivity index (χ1v) is 7.36. The highest BCUT2D eigenvalue weighted by molar-refractivity contribution is 5.68. The van der Waals surface area contributed by atoms with E-state index < -0.39 is 5.97 Å². The first-order chi connectivity index (χ1) is 10.2. The van der Waals surface area contributed by atoms with E-state index >= 15 is 0 Å². The van der Waals surface area contributed by atoms with E-state index in [1.807, 2.05) is 12.1 Å². The van der Waals surface area contributed by atoms with E-state index in [4.69, 9.17) is 14.6 Å². The van der Waals surface area contributed by atoms with Crippen LogP contribution < -0.4 is 4.74 Å². The van der Waals surface area contributed by atoms with E-state index in [9.17, 15) is 4.79 Å². The topological polar surface area (TPSA) is 59.0 Å². The van der Waals surface area contributed by atoms with Crippen molar-refractivity contribution in [3.05, 3.63) is 29.8 Å². The molecule has 5 heteroatoms. The van der Waals surface area contributed by atoms with Crippen LogP contribution in [0.25, 0.3) is 0 Å². The fraction of sp³-hybridized carbons (Fsp3) is 0.562. The summed E-state index contributed by atoms with van der Waals surface area (Å²) in [5, 5.41) is 8.60. The van der Waals surface area contributed by atoms with Gasteiger partial charge in [-0.1, -0.05) is 12.1 Å². The maximum absolute atomic E-state index is 10.5. The van der Waals surface area contributed by atoms with Gasteiger partial charge < -0.3 is 19.5 Å². The van der Waals surface area contributed by atoms with Gasteiger partial charge in [0.15, 0.2) is 0 Å². The van der Waals surface area contributed by atoms with Gasteiger partial charge >= 0.3 is 5.97 Å². The predicted octanol–water partition coefficient (Wildman–Crippen LogP) is 1.80. The van der Waals surface area contributed by atoms with Gasteiger partial charge in [-0.2, -0.15) is 0 Å². The van der Waals surface area contributed by atoms with Gasteiger partial charge in [0.2, 0.25) is 0 Å². The van der Waals surface area contributed by atoms with Crippen LogP contribution in [0.2, 0.25) is 0 Å². The minimum atomic E-state index is -0.892. The molecule has 116 valence electrons. The fourth-order valence-electron chi connectivity index (χ4n) is 2.57. The average Bonchev–Trinajstić information content (AvgIpc) is 2.52. The first kappa shape index (κ1) is 15.8. The van der Waals surface area contributed by atoms with E-state index in [0.717, 1.165) is 44.6 Å². The van der Waals surface area contributed by atoms with Crippen LogP contribution in [0.3, 0.4) is 0 Å². The van der Waals surface area contributed by atoms with Crippen LogP contribution in [-0.4, -0.2) is 55.4 Å². The Labute approximate surface area is 125 Å². The van der Waals surface area contributed by atoms with Crippen molar-refractivity contribution < 1.29 is 19.4 Å². The van der Waals surface area contributed by atoms with Crippen molar-refractivity contribution in [3.8, 4) is 5.75 Å². The Morgan fingerprint density at radius 1 is 1.29 bits per heavy atom. The lowest BCUT2D eigenvalue weighted by molar-refractivity contribution is -0.145. The summed E-state index contributed by atoms with van der Waals surface area (Å²) in [6, 6.07) is 8.17. The molecule has 0 bridgehead atoms. The smallest absolute Gasteiger partial charge is 0.329 e. The highest BCUT2D eigenvalue weighted by Crippen LogP contribution is 2.15. The molecule has 0 saturated carbocycles. The van der Waals surface area contributed by atoms with Crippen LogP contribution in [0.5, 0.6) is 5.75 Å². The average molecular weight is 293 g/mol. The van der Waals surface area contributed by atoms with E-state index in [0.29, 0.717) is 0 Å². The fourth-order valence-corrected chi connectivity index (χ4v) is 2.57. The van der Waals surface area contributed by atoms with Crippen molar-refractivity contribution in [2.75, 3.05) is 33.4 Å². The van der Waals surface area contributed by atoms with Gasteiger partial charge in [0.05, 0.1) is 13.2 Å². The van der Waals surface area contributed by atoms with Gasteiger partial charge in [0.1, 0.15) is 12.4 Å². The number of methoxy groups -OCH3 is 1. The summed E-state index contributed by atoms with van der Waals surface area (Å²) in [7, 11) is 1.67. The molecule has 0 unspecified atom stereocenters. The quantitative estimate of drug-likeness (QED) is 0.831. The van der Waals surface area contributed by atoms with E-state index in [1.54, 1.807) is 7.11 Å². The van der Waals surface area contributed by atoms with Gasteiger partial charge in [0, 0.05) is 19.6 Å². The number of nitrogens with zero attached hydrogens (tertiary/aromatic N) is 1. The monoisotopic (exact) mass is 293 g/mol. The molecule has 1 fully saturated rings. The zero-order chi connectivity index (χ0) is 15.1. The molecule has 1 aromatic rings. The van der Waals surface area contributed by atoms with Crippen LogP contribution >= 0.6 is 0 Å². The Morgan fingerprint density at radius 2 is 1.95 bits per heavy atom. The number of ether oxygens (including phenoxy) is 2. The Balaban J connectivity index is 1.67. The van der Waals surface area contributed by atoms with Gasteiger partial charge in [-0.15, -0.1) is 0 Å². The molecular weight excluding hydrogens is 270 g/mol. The molecular formula is C16H23NO4. The zero-order valence-corrected chi connectivity index (χ0v) is 12.5. The minimum absolute atomic E-state index is 0.0957. The van der Waals surface area contributed by atoms with Crippen molar-refractivity contribution >= 4 is 5.97 Å². The molecule has 1 aromatic carbocycles. The van der Waals surface area contributed by atoms with Gasteiger partial charge in [-0.25, -0.2) is 4.79 Å². The number of hydrogen-bond donors (Lipinski definition) is 1. The summed E-state index contributed by atoms with van der Waals surface area (Å²) >= 11 is 0. The summed E-state index contributed by atoms with van der Waals surface area (Å²) in [6.45, 7) is 2.79. The second-order valence-electron chi connectivity index (χ2n) is 5.34.